The molecule has 5 heteroatoms. The Labute approximate surface area is 114 Å². The second-order valence-electron chi connectivity index (χ2n) is 5.50. The Bertz CT molecular complexity index is 243. The second-order valence-corrected chi connectivity index (χ2v) is 5.50. The average Bonchev–Trinajstić information content (AvgIpc) is 2.34. The quantitative estimate of drug-likeness (QED) is 0.767. The number of alkyl halides is 3. The normalized spacial score (nSPS) is 24.9. The largest absolute Gasteiger partial charge is 0.401 e. The van der Waals surface area contributed by atoms with E-state index in [0.29, 0.717) is 6.54 Å². The predicted octanol–water partition coefficient (Wildman–Crippen LogP) is 3.57. The van der Waals surface area contributed by atoms with E-state index in [9.17, 15) is 13.2 Å². The van der Waals surface area contributed by atoms with E-state index in [2.05, 4.69) is 12.2 Å². The molecular formula is C14H27F3N2. The molecular weight excluding hydrogens is 253 g/mol. The molecule has 0 aromatic carbocycles. The predicted molar refractivity (Wildman–Crippen MR) is 72.3 cm³/mol. The highest BCUT2D eigenvalue weighted by Gasteiger charge is 2.36. The molecule has 1 fully saturated rings. The van der Waals surface area contributed by atoms with Crippen LogP contribution in [0.4, 0.5) is 13.2 Å². The molecule has 0 aliphatic heterocycles. The summed E-state index contributed by atoms with van der Waals surface area (Å²) in [4.78, 5) is 1.65. The van der Waals surface area contributed by atoms with E-state index in [1.165, 1.54) is 0 Å². The fraction of sp³-hybridized carbons (Fsp3) is 1.00. The number of hydrogen-bond acceptors (Lipinski definition) is 2. The van der Waals surface area contributed by atoms with Crippen molar-refractivity contribution in [2.75, 3.05) is 19.6 Å². The van der Waals surface area contributed by atoms with E-state index in [1.807, 2.05) is 6.92 Å². The minimum Gasteiger partial charge on any atom is -0.312 e. The van der Waals surface area contributed by atoms with Crippen molar-refractivity contribution < 1.29 is 13.2 Å². The van der Waals surface area contributed by atoms with Crippen LogP contribution in [0.25, 0.3) is 0 Å². The van der Waals surface area contributed by atoms with Crippen molar-refractivity contribution in [2.45, 2.75) is 70.6 Å². The number of hydrogen-bond donors (Lipinski definition) is 1. The molecule has 0 bridgehead atoms. The van der Waals surface area contributed by atoms with Crippen molar-refractivity contribution in [2.24, 2.45) is 0 Å². The fourth-order valence-corrected chi connectivity index (χ4v) is 3.00. The number of halogens is 3. The maximum Gasteiger partial charge on any atom is 0.401 e. The van der Waals surface area contributed by atoms with Crippen LogP contribution in [0.15, 0.2) is 0 Å². The van der Waals surface area contributed by atoms with E-state index >= 15 is 0 Å². The summed E-state index contributed by atoms with van der Waals surface area (Å²) in [7, 11) is 0. The van der Waals surface area contributed by atoms with Crippen LogP contribution in [-0.2, 0) is 0 Å². The molecule has 1 N–H and O–H groups in total. The highest BCUT2D eigenvalue weighted by molar-refractivity contribution is 4.89. The van der Waals surface area contributed by atoms with Crippen LogP contribution in [0.2, 0.25) is 0 Å². The first-order valence-electron chi connectivity index (χ1n) is 7.52. The van der Waals surface area contributed by atoms with Crippen LogP contribution in [0, 0.1) is 0 Å². The lowest BCUT2D eigenvalue weighted by molar-refractivity contribution is -0.153. The molecule has 2 unspecified atom stereocenters. The maximum absolute atomic E-state index is 12.7. The summed E-state index contributed by atoms with van der Waals surface area (Å²) in [6, 6.07) is 0.268. The molecule has 2 nitrogen and oxygen atoms in total. The Hall–Kier alpha value is -0.290. The lowest BCUT2D eigenvalue weighted by atomic mass is 9.88. The van der Waals surface area contributed by atoms with Crippen LogP contribution in [0.3, 0.4) is 0 Å². The minimum atomic E-state index is -4.10. The van der Waals surface area contributed by atoms with Gasteiger partial charge in [-0.2, -0.15) is 13.2 Å². The molecule has 0 spiro atoms. The van der Waals surface area contributed by atoms with Gasteiger partial charge in [-0.05, 0) is 38.8 Å². The Morgan fingerprint density at radius 2 is 1.79 bits per heavy atom. The number of nitrogens with one attached hydrogen (secondary N) is 1. The van der Waals surface area contributed by atoms with Gasteiger partial charge in [0.25, 0.3) is 0 Å². The van der Waals surface area contributed by atoms with Crippen molar-refractivity contribution in [3.63, 3.8) is 0 Å². The third kappa shape index (κ3) is 6.13. The zero-order valence-corrected chi connectivity index (χ0v) is 12.1. The van der Waals surface area contributed by atoms with Crippen LogP contribution in [0.5, 0.6) is 0 Å². The molecule has 0 saturated heterocycles. The first-order chi connectivity index (χ1) is 8.98. The third-order valence-corrected chi connectivity index (χ3v) is 3.75. The molecule has 0 amide bonds. The number of nitrogens with zero attached hydrogens (tertiary/aromatic N) is 1. The Balaban J connectivity index is 2.66. The molecule has 0 heterocycles. The van der Waals surface area contributed by atoms with E-state index < -0.39 is 12.7 Å². The lowest BCUT2D eigenvalue weighted by Gasteiger charge is -2.40. The van der Waals surface area contributed by atoms with Crippen molar-refractivity contribution >= 4 is 0 Å². The Morgan fingerprint density at radius 1 is 1.11 bits per heavy atom. The summed E-state index contributed by atoms with van der Waals surface area (Å²) < 4.78 is 38.1. The summed E-state index contributed by atoms with van der Waals surface area (Å²) in [6.45, 7) is 4.70. The summed E-state index contributed by atoms with van der Waals surface area (Å²) in [5.74, 6) is 0. The lowest BCUT2D eigenvalue weighted by Crippen LogP contribution is -2.54. The minimum absolute atomic E-state index is 0.0434. The van der Waals surface area contributed by atoms with Gasteiger partial charge < -0.3 is 5.32 Å². The van der Waals surface area contributed by atoms with Gasteiger partial charge in [0.2, 0.25) is 0 Å². The van der Waals surface area contributed by atoms with Gasteiger partial charge in [-0.25, -0.2) is 0 Å². The topological polar surface area (TPSA) is 15.3 Å². The zero-order valence-electron chi connectivity index (χ0n) is 12.1. The van der Waals surface area contributed by atoms with Gasteiger partial charge in [-0.1, -0.05) is 26.7 Å². The zero-order chi connectivity index (χ0) is 14.3. The Morgan fingerprint density at radius 3 is 2.37 bits per heavy atom. The van der Waals surface area contributed by atoms with Crippen LogP contribution in [-0.4, -0.2) is 42.8 Å². The molecule has 1 rings (SSSR count). The van der Waals surface area contributed by atoms with Crippen LogP contribution in [0.1, 0.15) is 52.4 Å². The molecule has 1 saturated carbocycles. The highest BCUT2D eigenvalue weighted by Crippen LogP contribution is 2.27. The molecule has 19 heavy (non-hydrogen) atoms. The monoisotopic (exact) mass is 280 g/mol. The van der Waals surface area contributed by atoms with Crippen molar-refractivity contribution in [1.29, 1.82) is 0 Å². The highest BCUT2D eigenvalue weighted by atomic mass is 19.4. The standard InChI is InChI=1S/C14H27F3N2/c1-3-9-18-12-7-5-6-8-13(12)19(10-4-2)11-14(15,16)17/h12-13,18H,3-11H2,1-2H3. The van der Waals surface area contributed by atoms with Gasteiger partial charge in [0.05, 0.1) is 6.54 Å². The first-order valence-corrected chi connectivity index (χ1v) is 7.52. The Kier molecular flexibility index (Phi) is 7.15. The van der Waals surface area contributed by atoms with Crippen LogP contribution >= 0.6 is 0 Å². The second kappa shape index (κ2) is 8.10. The summed E-state index contributed by atoms with van der Waals surface area (Å²) in [5, 5.41) is 3.44. The molecule has 2 atom stereocenters. The van der Waals surface area contributed by atoms with Crippen molar-refractivity contribution in [3.05, 3.63) is 0 Å². The van der Waals surface area contributed by atoms with Gasteiger partial charge >= 0.3 is 6.18 Å². The van der Waals surface area contributed by atoms with Gasteiger partial charge in [-0.15, -0.1) is 0 Å². The third-order valence-electron chi connectivity index (χ3n) is 3.75. The van der Waals surface area contributed by atoms with Gasteiger partial charge in [-0.3, -0.25) is 4.90 Å². The molecule has 0 aromatic rings. The number of rotatable bonds is 7. The average molecular weight is 280 g/mol. The summed E-state index contributed by atoms with van der Waals surface area (Å²) in [6.07, 6.45) is 1.77. The van der Waals surface area contributed by atoms with Gasteiger partial charge in [0.15, 0.2) is 0 Å². The smallest absolute Gasteiger partial charge is 0.312 e. The molecule has 114 valence electrons. The van der Waals surface area contributed by atoms with Crippen molar-refractivity contribution in [3.8, 4) is 0 Å². The first kappa shape index (κ1) is 16.8. The summed E-state index contributed by atoms with van der Waals surface area (Å²) in [5.41, 5.74) is 0. The molecule has 1 aliphatic carbocycles. The molecule has 1 aliphatic rings. The molecule has 0 aromatic heterocycles. The fourth-order valence-electron chi connectivity index (χ4n) is 3.00. The maximum atomic E-state index is 12.7. The van der Waals surface area contributed by atoms with E-state index in [1.54, 1.807) is 4.90 Å². The van der Waals surface area contributed by atoms with E-state index in [0.717, 1.165) is 45.1 Å². The summed E-state index contributed by atoms with van der Waals surface area (Å²) >= 11 is 0. The van der Waals surface area contributed by atoms with E-state index in [-0.39, 0.29) is 12.1 Å². The van der Waals surface area contributed by atoms with Gasteiger partial charge in [0.1, 0.15) is 0 Å². The van der Waals surface area contributed by atoms with E-state index in [4.69, 9.17) is 0 Å². The van der Waals surface area contributed by atoms with Gasteiger partial charge in [0, 0.05) is 12.1 Å². The van der Waals surface area contributed by atoms with Crippen molar-refractivity contribution in [1.82, 2.24) is 10.2 Å². The molecule has 0 radical (unpaired) electrons. The SMILES string of the molecule is CCCNC1CCCCC1N(CCC)CC(F)(F)F. The van der Waals surface area contributed by atoms with Crippen LogP contribution < -0.4 is 5.32 Å².